The molecule has 0 saturated heterocycles. The Labute approximate surface area is 145 Å². The number of allylic oxidation sites excluding steroid dienone is 2. The van der Waals surface area contributed by atoms with Crippen molar-refractivity contribution < 1.29 is 24.1 Å². The number of ether oxygens (including phenoxy) is 3. The van der Waals surface area contributed by atoms with E-state index in [1.54, 1.807) is 6.07 Å². The van der Waals surface area contributed by atoms with E-state index >= 15 is 0 Å². The summed E-state index contributed by atoms with van der Waals surface area (Å²) >= 11 is 0. The van der Waals surface area contributed by atoms with Gasteiger partial charge in [0.25, 0.3) is 0 Å². The van der Waals surface area contributed by atoms with Gasteiger partial charge in [-0.1, -0.05) is 30.3 Å². The van der Waals surface area contributed by atoms with E-state index in [1.807, 2.05) is 30.3 Å². The SMILES string of the molecule is COc1ccc(O)c(C(=O)C=CC2=COC(Cc3ccccc3)O2)c1. The van der Waals surface area contributed by atoms with E-state index in [0.29, 0.717) is 17.9 Å². The number of carbonyl (C=O) groups is 1. The van der Waals surface area contributed by atoms with E-state index in [2.05, 4.69) is 0 Å². The van der Waals surface area contributed by atoms with Gasteiger partial charge in [0, 0.05) is 6.42 Å². The molecule has 0 aliphatic carbocycles. The molecular weight excluding hydrogens is 320 g/mol. The predicted molar refractivity (Wildman–Crippen MR) is 92.3 cm³/mol. The Morgan fingerprint density at radius 2 is 2.04 bits per heavy atom. The van der Waals surface area contributed by atoms with Crippen LogP contribution in [0.2, 0.25) is 0 Å². The second-order valence-electron chi connectivity index (χ2n) is 5.47. The summed E-state index contributed by atoms with van der Waals surface area (Å²) < 4.78 is 16.2. The maximum absolute atomic E-state index is 12.2. The number of phenols is 1. The predicted octanol–water partition coefficient (Wildman–Crippen LogP) is 3.60. The number of benzene rings is 2. The largest absolute Gasteiger partial charge is 0.507 e. The smallest absolute Gasteiger partial charge is 0.244 e. The summed E-state index contributed by atoms with van der Waals surface area (Å²) in [7, 11) is 1.50. The van der Waals surface area contributed by atoms with Gasteiger partial charge in [0.1, 0.15) is 17.8 Å². The minimum Gasteiger partial charge on any atom is -0.507 e. The average molecular weight is 338 g/mol. The van der Waals surface area contributed by atoms with Gasteiger partial charge in [-0.3, -0.25) is 4.79 Å². The third-order valence-corrected chi connectivity index (χ3v) is 3.72. The number of aromatic hydroxyl groups is 1. The molecule has 25 heavy (non-hydrogen) atoms. The van der Waals surface area contributed by atoms with Crippen molar-refractivity contribution in [2.45, 2.75) is 12.7 Å². The third kappa shape index (κ3) is 4.20. The second kappa shape index (κ2) is 7.57. The minimum absolute atomic E-state index is 0.102. The Morgan fingerprint density at radius 3 is 2.80 bits per heavy atom. The fraction of sp³-hybridized carbons (Fsp3) is 0.150. The molecule has 2 aromatic rings. The summed E-state index contributed by atoms with van der Waals surface area (Å²) in [6.45, 7) is 0. The van der Waals surface area contributed by atoms with E-state index in [-0.39, 0.29) is 17.1 Å². The van der Waals surface area contributed by atoms with Crippen molar-refractivity contribution in [1.29, 1.82) is 0 Å². The van der Waals surface area contributed by atoms with E-state index in [4.69, 9.17) is 14.2 Å². The first-order valence-electron chi connectivity index (χ1n) is 7.81. The van der Waals surface area contributed by atoms with E-state index in [1.165, 1.54) is 37.7 Å². The lowest BCUT2D eigenvalue weighted by atomic mass is 10.1. The van der Waals surface area contributed by atoms with Crippen LogP contribution in [-0.2, 0) is 15.9 Å². The fourth-order valence-electron chi connectivity index (χ4n) is 2.41. The van der Waals surface area contributed by atoms with Gasteiger partial charge in [0.05, 0.1) is 12.7 Å². The molecule has 0 radical (unpaired) electrons. The zero-order valence-electron chi connectivity index (χ0n) is 13.7. The normalized spacial score (nSPS) is 16.2. The van der Waals surface area contributed by atoms with Gasteiger partial charge in [0.15, 0.2) is 11.5 Å². The highest BCUT2D eigenvalue weighted by atomic mass is 16.7. The Balaban J connectivity index is 1.60. The zero-order valence-corrected chi connectivity index (χ0v) is 13.7. The van der Waals surface area contributed by atoms with Crippen LogP contribution in [0.25, 0.3) is 0 Å². The van der Waals surface area contributed by atoms with Gasteiger partial charge in [0.2, 0.25) is 6.29 Å². The van der Waals surface area contributed by atoms with Gasteiger partial charge in [-0.2, -0.15) is 0 Å². The second-order valence-corrected chi connectivity index (χ2v) is 5.47. The molecule has 5 nitrogen and oxygen atoms in total. The first kappa shape index (κ1) is 16.6. The van der Waals surface area contributed by atoms with Crippen LogP contribution in [0.3, 0.4) is 0 Å². The Hall–Kier alpha value is -3.21. The number of rotatable bonds is 6. The van der Waals surface area contributed by atoms with Crippen LogP contribution in [0.15, 0.2) is 72.7 Å². The summed E-state index contributed by atoms with van der Waals surface area (Å²) in [5.41, 5.74) is 1.26. The minimum atomic E-state index is -0.414. The lowest BCUT2D eigenvalue weighted by Gasteiger charge is -2.10. The molecule has 1 aliphatic heterocycles. The summed E-state index contributed by atoms with van der Waals surface area (Å²) in [4.78, 5) is 12.2. The maximum atomic E-state index is 12.2. The monoisotopic (exact) mass is 338 g/mol. The summed E-state index contributed by atoms with van der Waals surface area (Å²) in [6.07, 6.45) is 4.52. The number of carbonyl (C=O) groups excluding carboxylic acids is 1. The van der Waals surface area contributed by atoms with Gasteiger partial charge < -0.3 is 19.3 Å². The zero-order chi connectivity index (χ0) is 17.6. The molecule has 1 N–H and O–H groups in total. The first-order chi connectivity index (χ1) is 12.2. The van der Waals surface area contributed by atoms with Crippen LogP contribution in [0.1, 0.15) is 15.9 Å². The molecular formula is C20H18O5. The molecule has 1 atom stereocenters. The molecule has 128 valence electrons. The number of ketones is 1. The van der Waals surface area contributed by atoms with Crippen molar-refractivity contribution in [2.24, 2.45) is 0 Å². The standard InChI is InChI=1S/C20H18O5/c1-23-15-7-9-18(21)17(12-15)19(22)10-8-16-13-24-20(25-16)11-14-5-3-2-4-6-14/h2-10,12-13,20-21H,11H2,1H3. The Bertz CT molecular complexity index is 808. The molecule has 0 saturated carbocycles. The summed E-state index contributed by atoms with van der Waals surface area (Å²) in [5.74, 6) is 0.496. The first-order valence-corrected chi connectivity index (χ1v) is 7.81. The molecule has 5 heteroatoms. The Morgan fingerprint density at radius 1 is 1.24 bits per heavy atom. The summed E-state index contributed by atoms with van der Waals surface area (Å²) in [6, 6.07) is 14.3. The van der Waals surface area contributed by atoms with Crippen LogP contribution in [0, 0.1) is 0 Å². The van der Waals surface area contributed by atoms with Gasteiger partial charge >= 0.3 is 0 Å². The highest BCUT2D eigenvalue weighted by molar-refractivity contribution is 6.06. The molecule has 0 fully saturated rings. The van der Waals surface area contributed by atoms with Crippen molar-refractivity contribution in [2.75, 3.05) is 7.11 Å². The third-order valence-electron chi connectivity index (χ3n) is 3.72. The average Bonchev–Trinajstić information content (AvgIpc) is 3.08. The molecule has 1 aliphatic rings. The molecule has 2 aromatic carbocycles. The lowest BCUT2D eigenvalue weighted by Crippen LogP contribution is -2.11. The topological polar surface area (TPSA) is 65.0 Å². The van der Waals surface area contributed by atoms with Crippen molar-refractivity contribution in [3.63, 3.8) is 0 Å². The number of phenolic OH excluding ortho intramolecular Hbond substituents is 1. The molecule has 0 aromatic heterocycles. The lowest BCUT2D eigenvalue weighted by molar-refractivity contribution is -0.0269. The van der Waals surface area contributed by atoms with E-state index in [0.717, 1.165) is 5.56 Å². The quantitative estimate of drug-likeness (QED) is 0.644. The van der Waals surface area contributed by atoms with Crippen molar-refractivity contribution in [3.05, 3.63) is 83.8 Å². The van der Waals surface area contributed by atoms with Crippen molar-refractivity contribution >= 4 is 5.78 Å². The Kier molecular flexibility index (Phi) is 5.04. The number of hydrogen-bond acceptors (Lipinski definition) is 5. The van der Waals surface area contributed by atoms with Crippen molar-refractivity contribution in [3.8, 4) is 11.5 Å². The molecule has 1 unspecified atom stereocenters. The highest BCUT2D eigenvalue weighted by Crippen LogP contribution is 2.24. The van der Waals surface area contributed by atoms with Crippen LogP contribution in [0.4, 0.5) is 0 Å². The van der Waals surface area contributed by atoms with Gasteiger partial charge in [-0.05, 0) is 35.9 Å². The van der Waals surface area contributed by atoms with E-state index < -0.39 is 6.29 Å². The van der Waals surface area contributed by atoms with Crippen LogP contribution in [0.5, 0.6) is 11.5 Å². The van der Waals surface area contributed by atoms with Crippen LogP contribution >= 0.6 is 0 Å². The number of hydrogen-bond donors (Lipinski definition) is 1. The maximum Gasteiger partial charge on any atom is 0.244 e. The molecule has 1 heterocycles. The van der Waals surface area contributed by atoms with Crippen LogP contribution < -0.4 is 4.74 Å². The van der Waals surface area contributed by atoms with Gasteiger partial charge in [-0.25, -0.2) is 0 Å². The van der Waals surface area contributed by atoms with Gasteiger partial charge in [-0.15, -0.1) is 0 Å². The summed E-state index contributed by atoms with van der Waals surface area (Å²) in [5, 5.41) is 9.82. The molecule has 0 amide bonds. The fourth-order valence-corrected chi connectivity index (χ4v) is 2.41. The van der Waals surface area contributed by atoms with Crippen molar-refractivity contribution in [1.82, 2.24) is 0 Å². The molecule has 3 rings (SSSR count). The molecule has 0 bridgehead atoms. The number of methoxy groups -OCH3 is 1. The molecule has 0 spiro atoms. The van der Waals surface area contributed by atoms with E-state index in [9.17, 15) is 9.90 Å². The highest BCUT2D eigenvalue weighted by Gasteiger charge is 2.18. The van der Waals surface area contributed by atoms with Crippen LogP contribution in [-0.4, -0.2) is 24.3 Å².